The number of aliphatic hydroxyl groups excluding tert-OH is 1. The molecule has 130 valence electrons. The van der Waals surface area contributed by atoms with Gasteiger partial charge >= 0.3 is 6.03 Å². The van der Waals surface area contributed by atoms with Crippen molar-refractivity contribution >= 4 is 11.7 Å². The topological polar surface area (TPSA) is 74.5 Å². The van der Waals surface area contributed by atoms with Crippen molar-refractivity contribution in [3.8, 4) is 0 Å². The first-order chi connectivity index (χ1) is 11.5. The minimum atomic E-state index is -0.732. The van der Waals surface area contributed by atoms with E-state index in [4.69, 9.17) is 4.42 Å². The molecule has 1 aromatic carbocycles. The van der Waals surface area contributed by atoms with Crippen molar-refractivity contribution in [3.05, 3.63) is 53.5 Å². The molecule has 2 amide bonds. The van der Waals surface area contributed by atoms with Gasteiger partial charge < -0.3 is 20.2 Å². The number of amides is 2. The van der Waals surface area contributed by atoms with Crippen LogP contribution in [0.1, 0.15) is 50.2 Å². The van der Waals surface area contributed by atoms with Crippen molar-refractivity contribution in [2.24, 2.45) is 0 Å². The van der Waals surface area contributed by atoms with Gasteiger partial charge in [0.05, 0.1) is 6.26 Å². The molecular weight excluding hydrogens is 304 g/mol. The van der Waals surface area contributed by atoms with Crippen LogP contribution in [0.5, 0.6) is 0 Å². The second-order valence-electron chi connectivity index (χ2n) is 5.97. The zero-order valence-electron chi connectivity index (χ0n) is 14.5. The van der Waals surface area contributed by atoms with Crippen molar-refractivity contribution in [3.63, 3.8) is 0 Å². The van der Waals surface area contributed by atoms with Gasteiger partial charge in [-0.3, -0.25) is 0 Å². The summed E-state index contributed by atoms with van der Waals surface area (Å²) in [5, 5.41) is 15.8. The lowest BCUT2D eigenvalue weighted by molar-refractivity contribution is 0.130. The Labute approximate surface area is 143 Å². The fourth-order valence-electron chi connectivity index (χ4n) is 2.64. The van der Waals surface area contributed by atoms with Crippen molar-refractivity contribution in [1.82, 2.24) is 5.32 Å². The van der Waals surface area contributed by atoms with Crippen molar-refractivity contribution in [2.45, 2.75) is 52.2 Å². The number of anilines is 1. The summed E-state index contributed by atoms with van der Waals surface area (Å²) in [6.07, 6.45) is 2.95. The highest BCUT2D eigenvalue weighted by Crippen LogP contribution is 2.20. The fraction of sp³-hybridized carbons (Fsp3) is 0.421. The lowest BCUT2D eigenvalue weighted by Gasteiger charge is -2.18. The van der Waals surface area contributed by atoms with E-state index in [9.17, 15) is 9.90 Å². The van der Waals surface area contributed by atoms with E-state index >= 15 is 0 Å². The van der Waals surface area contributed by atoms with E-state index in [-0.39, 0.29) is 12.1 Å². The Bertz CT molecular complexity index is 653. The van der Waals surface area contributed by atoms with Gasteiger partial charge in [0.2, 0.25) is 0 Å². The summed E-state index contributed by atoms with van der Waals surface area (Å²) in [5.74, 6) is 0.507. The van der Waals surface area contributed by atoms with Crippen LogP contribution in [0.25, 0.3) is 0 Å². The molecule has 2 atom stereocenters. The maximum Gasteiger partial charge on any atom is 0.319 e. The Balaban J connectivity index is 1.93. The molecule has 5 nitrogen and oxygen atoms in total. The second-order valence-corrected chi connectivity index (χ2v) is 5.97. The van der Waals surface area contributed by atoms with Gasteiger partial charge in [-0.25, -0.2) is 4.79 Å². The van der Waals surface area contributed by atoms with Crippen molar-refractivity contribution in [1.29, 1.82) is 0 Å². The molecule has 0 aliphatic rings. The number of carbonyl (C=O) groups is 1. The van der Waals surface area contributed by atoms with E-state index in [1.807, 2.05) is 13.0 Å². The molecule has 0 aliphatic carbocycles. The van der Waals surface area contributed by atoms with Crippen LogP contribution >= 0.6 is 0 Å². The van der Waals surface area contributed by atoms with E-state index in [1.54, 1.807) is 12.1 Å². The lowest BCUT2D eigenvalue weighted by atomic mass is 10.1. The highest BCUT2D eigenvalue weighted by Gasteiger charge is 2.16. The summed E-state index contributed by atoms with van der Waals surface area (Å²) in [4.78, 5) is 12.2. The number of hydrogen-bond donors (Lipinski definition) is 3. The molecule has 3 N–H and O–H groups in total. The van der Waals surface area contributed by atoms with Gasteiger partial charge in [0.25, 0.3) is 0 Å². The first-order valence-corrected chi connectivity index (χ1v) is 8.44. The van der Waals surface area contributed by atoms with Gasteiger partial charge in [-0.1, -0.05) is 26.0 Å². The van der Waals surface area contributed by atoms with Crippen LogP contribution in [-0.2, 0) is 12.8 Å². The quantitative estimate of drug-likeness (QED) is 0.717. The van der Waals surface area contributed by atoms with E-state index < -0.39 is 6.10 Å². The second kappa shape index (κ2) is 8.55. The molecule has 24 heavy (non-hydrogen) atoms. The molecule has 0 spiro atoms. The molecule has 2 aromatic rings. The Morgan fingerprint density at radius 2 is 2.04 bits per heavy atom. The Kier molecular flexibility index (Phi) is 6.44. The molecule has 0 radical (unpaired) electrons. The predicted octanol–water partition coefficient (Wildman–Crippen LogP) is 4.04. The number of benzene rings is 1. The Hall–Kier alpha value is -2.27. The number of carbonyl (C=O) groups excluding carboxylic acids is 1. The van der Waals surface area contributed by atoms with E-state index in [0.29, 0.717) is 12.2 Å². The molecule has 1 heterocycles. The summed E-state index contributed by atoms with van der Waals surface area (Å²) in [6.45, 7) is 6.00. The molecule has 0 saturated heterocycles. The molecule has 0 aliphatic heterocycles. The van der Waals surface area contributed by atoms with Gasteiger partial charge in [0.1, 0.15) is 11.9 Å². The molecule has 2 rings (SSSR count). The summed E-state index contributed by atoms with van der Waals surface area (Å²) in [6, 6.07) is 9.16. The number of urea groups is 1. The first kappa shape index (κ1) is 18.1. The summed E-state index contributed by atoms with van der Waals surface area (Å²) >= 11 is 0. The Morgan fingerprint density at radius 1 is 1.25 bits per heavy atom. The van der Waals surface area contributed by atoms with Crippen LogP contribution in [0, 0.1) is 0 Å². The van der Waals surface area contributed by atoms with Crippen LogP contribution in [0.4, 0.5) is 10.5 Å². The maximum absolute atomic E-state index is 12.2. The third-order valence-corrected chi connectivity index (χ3v) is 4.04. The third kappa shape index (κ3) is 4.86. The molecule has 0 fully saturated rings. The summed E-state index contributed by atoms with van der Waals surface area (Å²) in [7, 11) is 0. The largest absolute Gasteiger partial charge is 0.467 e. The number of rotatable bonds is 7. The zero-order valence-corrected chi connectivity index (χ0v) is 14.5. The van der Waals surface area contributed by atoms with Crippen LogP contribution in [0.3, 0.4) is 0 Å². The van der Waals surface area contributed by atoms with Crippen molar-refractivity contribution < 1.29 is 14.3 Å². The normalized spacial score (nSPS) is 13.3. The van der Waals surface area contributed by atoms with E-state index in [2.05, 4.69) is 36.6 Å². The summed E-state index contributed by atoms with van der Waals surface area (Å²) < 4.78 is 5.17. The monoisotopic (exact) mass is 330 g/mol. The highest BCUT2D eigenvalue weighted by atomic mass is 16.4. The smallest absolute Gasteiger partial charge is 0.319 e. The molecule has 1 aromatic heterocycles. The molecule has 5 heteroatoms. The number of aliphatic hydroxyl groups is 1. The predicted molar refractivity (Wildman–Crippen MR) is 95.1 cm³/mol. The van der Waals surface area contributed by atoms with Gasteiger partial charge in [0, 0.05) is 18.2 Å². The van der Waals surface area contributed by atoms with Crippen LogP contribution < -0.4 is 10.6 Å². The number of aryl methyl sites for hydroxylation is 2. The standard InChI is InChI=1S/C19H26N2O3/c1-4-14-8-9-15(5-2)16(12-14)21-19(23)20-13(3)11-17(22)18-7-6-10-24-18/h6-10,12-13,17,22H,4-5,11H2,1-3H3,(H2,20,21,23). The molecule has 0 saturated carbocycles. The van der Waals surface area contributed by atoms with Crippen LogP contribution in [-0.4, -0.2) is 17.2 Å². The summed E-state index contributed by atoms with van der Waals surface area (Å²) in [5.41, 5.74) is 3.13. The molecule has 0 bridgehead atoms. The maximum atomic E-state index is 12.2. The van der Waals surface area contributed by atoms with Gasteiger partial charge in [-0.05, 0) is 49.1 Å². The highest BCUT2D eigenvalue weighted by molar-refractivity contribution is 5.90. The number of furan rings is 1. The van der Waals surface area contributed by atoms with Crippen LogP contribution in [0.2, 0.25) is 0 Å². The molecular formula is C19H26N2O3. The van der Waals surface area contributed by atoms with E-state index in [0.717, 1.165) is 24.1 Å². The number of hydrogen-bond acceptors (Lipinski definition) is 3. The van der Waals surface area contributed by atoms with E-state index in [1.165, 1.54) is 11.8 Å². The Morgan fingerprint density at radius 3 is 2.67 bits per heavy atom. The first-order valence-electron chi connectivity index (χ1n) is 8.44. The zero-order chi connectivity index (χ0) is 17.5. The molecule has 2 unspecified atom stereocenters. The minimum absolute atomic E-state index is 0.190. The third-order valence-electron chi connectivity index (χ3n) is 4.04. The minimum Gasteiger partial charge on any atom is -0.467 e. The van der Waals surface area contributed by atoms with Gasteiger partial charge in [0.15, 0.2) is 0 Å². The fourth-order valence-corrected chi connectivity index (χ4v) is 2.64. The SMILES string of the molecule is CCc1ccc(CC)c(NC(=O)NC(C)CC(O)c2ccco2)c1. The van der Waals surface area contributed by atoms with Crippen molar-refractivity contribution in [2.75, 3.05) is 5.32 Å². The van der Waals surface area contributed by atoms with Gasteiger partial charge in [-0.2, -0.15) is 0 Å². The van der Waals surface area contributed by atoms with Crippen LogP contribution in [0.15, 0.2) is 41.0 Å². The van der Waals surface area contributed by atoms with Gasteiger partial charge in [-0.15, -0.1) is 0 Å². The lowest BCUT2D eigenvalue weighted by Crippen LogP contribution is -2.37. The number of nitrogens with one attached hydrogen (secondary N) is 2. The average molecular weight is 330 g/mol. The average Bonchev–Trinajstić information content (AvgIpc) is 3.09.